The summed E-state index contributed by atoms with van der Waals surface area (Å²) < 4.78 is 9.42. The topological polar surface area (TPSA) is 45.5 Å². The Morgan fingerprint density at radius 2 is 0.436 bits per heavy atom. The number of nitrogens with zero attached hydrogens (tertiary/aromatic N) is 6. The van der Waals surface area contributed by atoms with Gasteiger partial charge in [-0.1, -0.05) is 206 Å². The van der Waals surface area contributed by atoms with Crippen molar-refractivity contribution in [1.29, 1.82) is 0 Å². The number of rotatable bonds is 9. The molecule has 94 heavy (non-hydrogen) atoms. The summed E-state index contributed by atoms with van der Waals surface area (Å²) in [5.74, 6) is 0. The molecule has 13 aromatic carbocycles. The van der Waals surface area contributed by atoms with Gasteiger partial charge in [0, 0.05) is 67.5 Å². The van der Waals surface area contributed by atoms with Crippen LogP contribution < -0.4 is 0 Å². The summed E-state index contributed by atoms with van der Waals surface area (Å²) in [6.45, 7) is 0. The number of pyridine rings is 2. The van der Waals surface area contributed by atoms with Gasteiger partial charge in [0.2, 0.25) is 0 Å². The summed E-state index contributed by atoms with van der Waals surface area (Å²) in [6, 6.07) is 122. The Bertz CT molecular complexity index is 6080. The number of fused-ring (bicyclic) bond motifs is 12. The van der Waals surface area contributed by atoms with E-state index in [2.05, 4.69) is 346 Å². The third-order valence-corrected chi connectivity index (χ3v) is 18.7. The Morgan fingerprint density at radius 1 is 0.160 bits per heavy atom. The Balaban J connectivity index is 0.000000139. The SMILES string of the molecule is c1ccc(-c2ccc(-n3c4ccccc4c4cc(-c5ccc6c(c5)c5ncccc5n6-c5cccc(-c6ccccc6)c5)ccc43)cc2)cc1.c1ccc(-c2cccc(-n3c4ccc(-c5ccc6c(c5)c5ccccc5n6-c5ccccc5)cc4c4ncccc43)c2)cc1. The average molecular weight is 1200 g/mol. The van der Waals surface area contributed by atoms with Crippen molar-refractivity contribution in [2.75, 3.05) is 0 Å². The molecule has 0 spiro atoms. The van der Waals surface area contributed by atoms with E-state index in [9.17, 15) is 0 Å². The molecule has 0 atom stereocenters. The molecule has 0 unspecified atom stereocenters. The van der Waals surface area contributed by atoms with Gasteiger partial charge in [0.25, 0.3) is 0 Å². The van der Waals surface area contributed by atoms with Gasteiger partial charge in [-0.15, -0.1) is 0 Å². The van der Waals surface area contributed by atoms with Crippen LogP contribution in [0.1, 0.15) is 0 Å². The second-order valence-electron chi connectivity index (χ2n) is 24.1. The van der Waals surface area contributed by atoms with Crippen LogP contribution in [0, 0.1) is 0 Å². The zero-order valence-electron chi connectivity index (χ0n) is 51.2. The summed E-state index contributed by atoms with van der Waals surface area (Å²) in [4.78, 5) is 9.77. The largest absolute Gasteiger partial charge is 0.309 e. The third-order valence-electron chi connectivity index (χ3n) is 18.7. The first-order chi connectivity index (χ1) is 46.6. The van der Waals surface area contributed by atoms with E-state index in [-0.39, 0.29) is 0 Å². The first-order valence-corrected chi connectivity index (χ1v) is 32.0. The molecular formula is C88H58N6. The van der Waals surface area contributed by atoms with Crippen molar-refractivity contribution >= 4 is 87.5 Å². The zero-order chi connectivity index (χ0) is 62.1. The molecule has 6 nitrogen and oxygen atoms in total. The predicted molar refractivity (Wildman–Crippen MR) is 393 cm³/mol. The van der Waals surface area contributed by atoms with Crippen LogP contribution in [0.4, 0.5) is 0 Å². The van der Waals surface area contributed by atoms with Gasteiger partial charge in [-0.25, -0.2) is 0 Å². The van der Waals surface area contributed by atoms with E-state index >= 15 is 0 Å². The Morgan fingerprint density at radius 3 is 0.872 bits per heavy atom. The first kappa shape index (κ1) is 54.3. The minimum atomic E-state index is 1.01. The lowest BCUT2D eigenvalue weighted by Gasteiger charge is -2.11. The lowest BCUT2D eigenvalue weighted by molar-refractivity contribution is 1.18. The van der Waals surface area contributed by atoms with Crippen LogP contribution in [0.2, 0.25) is 0 Å². The van der Waals surface area contributed by atoms with Gasteiger partial charge >= 0.3 is 0 Å². The third kappa shape index (κ3) is 9.26. The van der Waals surface area contributed by atoms with E-state index in [1.54, 1.807) is 0 Å². The number of hydrogen-bond acceptors (Lipinski definition) is 2. The van der Waals surface area contributed by atoms with Crippen molar-refractivity contribution in [2.24, 2.45) is 0 Å². The van der Waals surface area contributed by atoms with Gasteiger partial charge in [0.15, 0.2) is 0 Å². The lowest BCUT2D eigenvalue weighted by Crippen LogP contribution is -1.94. The van der Waals surface area contributed by atoms with Crippen molar-refractivity contribution in [3.05, 3.63) is 352 Å². The number of para-hydroxylation sites is 3. The Hall–Kier alpha value is -12.6. The van der Waals surface area contributed by atoms with E-state index in [1.807, 2.05) is 24.5 Å². The molecule has 0 saturated carbocycles. The second-order valence-corrected chi connectivity index (χ2v) is 24.1. The van der Waals surface area contributed by atoms with Gasteiger partial charge < -0.3 is 18.3 Å². The molecule has 6 heteroatoms. The molecule has 440 valence electrons. The minimum Gasteiger partial charge on any atom is -0.309 e. The fourth-order valence-electron chi connectivity index (χ4n) is 14.4. The quantitative estimate of drug-likeness (QED) is 0.145. The number of benzene rings is 13. The van der Waals surface area contributed by atoms with Crippen molar-refractivity contribution in [2.45, 2.75) is 0 Å². The van der Waals surface area contributed by atoms with Crippen LogP contribution >= 0.6 is 0 Å². The number of hydrogen-bond donors (Lipinski definition) is 0. The van der Waals surface area contributed by atoms with Crippen molar-refractivity contribution in [3.8, 4) is 78.4 Å². The van der Waals surface area contributed by atoms with Crippen molar-refractivity contribution in [1.82, 2.24) is 28.2 Å². The molecule has 0 aliphatic heterocycles. The maximum absolute atomic E-state index is 4.90. The lowest BCUT2D eigenvalue weighted by atomic mass is 10.0. The van der Waals surface area contributed by atoms with Crippen molar-refractivity contribution < 1.29 is 0 Å². The summed E-state index contributed by atoms with van der Waals surface area (Å²) in [5, 5.41) is 7.28. The van der Waals surface area contributed by atoms with Crippen LogP contribution in [0.3, 0.4) is 0 Å². The smallest absolute Gasteiger partial charge is 0.0963 e. The minimum absolute atomic E-state index is 1.01. The molecule has 0 aliphatic carbocycles. The molecule has 0 amide bonds. The van der Waals surface area contributed by atoms with E-state index in [0.29, 0.717) is 0 Å². The Labute approximate surface area is 543 Å². The molecule has 0 bridgehead atoms. The highest BCUT2D eigenvalue weighted by atomic mass is 15.0. The Kier molecular flexibility index (Phi) is 13.1. The molecule has 19 rings (SSSR count). The maximum atomic E-state index is 4.90. The van der Waals surface area contributed by atoms with E-state index < -0.39 is 0 Å². The fourth-order valence-corrected chi connectivity index (χ4v) is 14.4. The molecule has 6 heterocycles. The summed E-state index contributed by atoms with van der Waals surface area (Å²) in [7, 11) is 0. The van der Waals surface area contributed by atoms with Gasteiger partial charge in [-0.3, -0.25) is 9.97 Å². The molecule has 0 N–H and O–H groups in total. The van der Waals surface area contributed by atoms with E-state index in [0.717, 1.165) is 60.9 Å². The van der Waals surface area contributed by atoms with Gasteiger partial charge in [0.05, 0.1) is 55.2 Å². The molecule has 0 aliphatic rings. The van der Waals surface area contributed by atoms with E-state index in [4.69, 9.17) is 9.97 Å². The second kappa shape index (κ2) is 22.7. The van der Waals surface area contributed by atoms with Crippen LogP contribution in [-0.2, 0) is 0 Å². The van der Waals surface area contributed by atoms with Crippen LogP contribution in [-0.4, -0.2) is 28.2 Å². The average Bonchev–Trinajstić information content (AvgIpc) is 1.62. The highest BCUT2D eigenvalue weighted by Crippen LogP contribution is 2.41. The highest BCUT2D eigenvalue weighted by molar-refractivity contribution is 6.14. The summed E-state index contributed by atoms with van der Waals surface area (Å²) in [5.41, 5.74) is 27.9. The van der Waals surface area contributed by atoms with Gasteiger partial charge in [0.1, 0.15) is 0 Å². The van der Waals surface area contributed by atoms with Crippen LogP contribution in [0.25, 0.3) is 166 Å². The van der Waals surface area contributed by atoms with E-state index in [1.165, 1.54) is 105 Å². The normalized spacial score (nSPS) is 11.6. The standard InChI is InChI=1S/C47H31N3.C41H27N3/c1-3-11-32(12-4-1)34-20-24-38(25-21-34)49-43-18-8-7-17-40(43)41-30-36(22-26-44(41)49)37-23-27-45-42(31-37)47-46(19-10-28-48-47)50(45)39-16-9-15-35(29-39)33-13-5-2-6-14-33;1-3-11-28(12-4-1)29-13-9-16-33(25-29)44-39-23-21-31(27-36(39)41-40(44)19-10-24-42-41)30-20-22-38-35(26-30)34-17-7-8-18-37(34)43(38)32-14-5-2-6-15-32/h1-31H;1-27H. The molecule has 0 fully saturated rings. The van der Waals surface area contributed by atoms with Crippen LogP contribution in [0.5, 0.6) is 0 Å². The summed E-state index contributed by atoms with van der Waals surface area (Å²) >= 11 is 0. The zero-order valence-corrected chi connectivity index (χ0v) is 51.2. The first-order valence-electron chi connectivity index (χ1n) is 32.0. The maximum Gasteiger partial charge on any atom is 0.0963 e. The monoisotopic (exact) mass is 1200 g/mol. The molecule has 6 aromatic heterocycles. The fraction of sp³-hybridized carbons (Fsp3) is 0. The molecule has 19 aromatic rings. The highest BCUT2D eigenvalue weighted by Gasteiger charge is 2.20. The number of aromatic nitrogens is 6. The molecule has 0 saturated heterocycles. The van der Waals surface area contributed by atoms with Gasteiger partial charge in [-0.2, -0.15) is 0 Å². The van der Waals surface area contributed by atoms with Gasteiger partial charge in [-0.05, 0) is 189 Å². The van der Waals surface area contributed by atoms with Crippen molar-refractivity contribution in [3.63, 3.8) is 0 Å². The molecule has 0 radical (unpaired) electrons. The summed E-state index contributed by atoms with van der Waals surface area (Å²) in [6.07, 6.45) is 3.79. The molecular weight excluding hydrogens is 1140 g/mol. The predicted octanol–water partition coefficient (Wildman–Crippen LogP) is 22.9. The van der Waals surface area contributed by atoms with Crippen LogP contribution in [0.15, 0.2) is 352 Å².